The number of fused-ring (bicyclic) bond motifs is 1. The van der Waals surface area contributed by atoms with E-state index in [2.05, 4.69) is 10.4 Å². The molecule has 4 rings (SSSR count). The van der Waals surface area contributed by atoms with Crippen LogP contribution in [0.2, 0.25) is 5.02 Å². The van der Waals surface area contributed by atoms with Gasteiger partial charge in [-0.1, -0.05) is 35.9 Å². The Labute approximate surface area is 138 Å². The molecule has 2 aromatic carbocycles. The van der Waals surface area contributed by atoms with Crippen molar-refractivity contribution in [2.75, 3.05) is 0 Å². The molecule has 116 valence electrons. The predicted molar refractivity (Wildman–Crippen MR) is 88.7 cm³/mol. The molecule has 1 aromatic heterocycles. The van der Waals surface area contributed by atoms with Gasteiger partial charge in [0.2, 0.25) is 0 Å². The highest BCUT2D eigenvalue weighted by Gasteiger charge is 2.24. The molecule has 2 heterocycles. The van der Waals surface area contributed by atoms with Crippen molar-refractivity contribution in [2.45, 2.75) is 19.6 Å². The van der Waals surface area contributed by atoms with E-state index in [-0.39, 0.29) is 5.82 Å². The molecule has 0 aliphatic carbocycles. The average molecular weight is 328 g/mol. The van der Waals surface area contributed by atoms with Gasteiger partial charge in [0, 0.05) is 29.2 Å². The Morgan fingerprint density at radius 3 is 2.83 bits per heavy atom. The summed E-state index contributed by atoms with van der Waals surface area (Å²) in [5.41, 5.74) is 4.56. The first-order valence-electron chi connectivity index (χ1n) is 7.51. The van der Waals surface area contributed by atoms with Crippen molar-refractivity contribution in [3.05, 3.63) is 76.2 Å². The lowest BCUT2D eigenvalue weighted by Crippen LogP contribution is -2.10. The predicted octanol–water partition coefficient (Wildman–Crippen LogP) is 3.99. The maximum Gasteiger partial charge on any atom is 0.132 e. The van der Waals surface area contributed by atoms with Crippen molar-refractivity contribution in [3.63, 3.8) is 0 Å². The number of aromatic nitrogens is 2. The zero-order chi connectivity index (χ0) is 15.8. The summed E-state index contributed by atoms with van der Waals surface area (Å²) in [6.45, 7) is 2.01. The number of rotatable bonds is 3. The van der Waals surface area contributed by atoms with E-state index in [1.165, 1.54) is 6.07 Å². The second-order valence-electron chi connectivity index (χ2n) is 5.64. The van der Waals surface area contributed by atoms with E-state index in [0.29, 0.717) is 23.7 Å². The smallest absolute Gasteiger partial charge is 0.132 e. The number of hydrogen-bond donors (Lipinski definition) is 1. The molecular formula is C18H15ClFN3. The van der Waals surface area contributed by atoms with Crippen molar-refractivity contribution in [1.29, 1.82) is 0 Å². The molecule has 0 radical (unpaired) electrons. The summed E-state index contributed by atoms with van der Waals surface area (Å²) in [4.78, 5) is 0. The minimum Gasteiger partial charge on any atom is -0.307 e. The maximum atomic E-state index is 14.3. The van der Waals surface area contributed by atoms with Crippen LogP contribution in [0.4, 0.5) is 4.39 Å². The fraction of sp³-hybridized carbons (Fsp3) is 0.167. The van der Waals surface area contributed by atoms with Gasteiger partial charge in [-0.3, -0.25) is 4.68 Å². The van der Waals surface area contributed by atoms with Gasteiger partial charge in [0.1, 0.15) is 5.82 Å². The third-order valence-electron chi connectivity index (χ3n) is 4.08. The molecule has 0 saturated carbocycles. The second-order valence-corrected chi connectivity index (χ2v) is 6.08. The molecular weight excluding hydrogens is 313 g/mol. The summed E-state index contributed by atoms with van der Waals surface area (Å²) in [6, 6.07) is 14.5. The topological polar surface area (TPSA) is 29.9 Å². The molecule has 5 heteroatoms. The third kappa shape index (κ3) is 2.64. The molecule has 0 atom stereocenters. The van der Waals surface area contributed by atoms with Gasteiger partial charge in [-0.2, -0.15) is 5.10 Å². The normalized spacial score (nSPS) is 13.3. The highest BCUT2D eigenvalue weighted by atomic mass is 35.5. The number of halogens is 2. The summed E-state index contributed by atoms with van der Waals surface area (Å²) in [6.07, 6.45) is 0. The van der Waals surface area contributed by atoms with E-state index < -0.39 is 0 Å². The number of hydrogen-bond acceptors (Lipinski definition) is 2. The Bertz CT molecular complexity index is 872. The second kappa shape index (κ2) is 5.80. The molecule has 3 aromatic rings. The van der Waals surface area contributed by atoms with Crippen molar-refractivity contribution < 1.29 is 4.39 Å². The van der Waals surface area contributed by atoms with E-state index in [1.54, 1.807) is 12.1 Å². The van der Waals surface area contributed by atoms with Gasteiger partial charge >= 0.3 is 0 Å². The lowest BCUT2D eigenvalue weighted by atomic mass is 10.1. The maximum absolute atomic E-state index is 14.3. The first-order chi connectivity index (χ1) is 11.2. The van der Waals surface area contributed by atoms with Crippen LogP contribution in [0.25, 0.3) is 11.3 Å². The summed E-state index contributed by atoms with van der Waals surface area (Å²) >= 11 is 6.07. The van der Waals surface area contributed by atoms with E-state index in [1.807, 2.05) is 35.0 Å². The Kier molecular flexibility index (Phi) is 3.63. The van der Waals surface area contributed by atoms with Crippen LogP contribution in [0.1, 0.15) is 16.8 Å². The number of benzene rings is 2. The SMILES string of the molecule is Fc1ccccc1-c1c2c(nn1Cc1cccc(Cl)c1)CNC2. The van der Waals surface area contributed by atoms with Crippen LogP contribution in [-0.2, 0) is 19.6 Å². The van der Waals surface area contributed by atoms with E-state index in [0.717, 1.165) is 29.1 Å². The van der Waals surface area contributed by atoms with Gasteiger partial charge in [0.25, 0.3) is 0 Å². The molecule has 0 saturated heterocycles. The Hall–Kier alpha value is -2.17. The molecule has 0 amide bonds. The Balaban J connectivity index is 1.83. The molecule has 1 aliphatic heterocycles. The molecule has 1 N–H and O–H groups in total. The summed E-state index contributed by atoms with van der Waals surface area (Å²) in [5.74, 6) is -0.227. The number of nitrogens with one attached hydrogen (secondary N) is 1. The van der Waals surface area contributed by atoms with Crippen LogP contribution in [-0.4, -0.2) is 9.78 Å². The van der Waals surface area contributed by atoms with Gasteiger partial charge in [0.05, 0.1) is 17.9 Å². The number of nitrogens with zero attached hydrogens (tertiary/aromatic N) is 2. The minimum absolute atomic E-state index is 0.227. The van der Waals surface area contributed by atoms with Crippen LogP contribution in [0.5, 0.6) is 0 Å². The van der Waals surface area contributed by atoms with Gasteiger partial charge in [-0.05, 0) is 29.8 Å². The quantitative estimate of drug-likeness (QED) is 0.788. The van der Waals surface area contributed by atoms with Crippen LogP contribution in [0.3, 0.4) is 0 Å². The zero-order valence-corrected chi connectivity index (χ0v) is 13.1. The van der Waals surface area contributed by atoms with Crippen LogP contribution < -0.4 is 5.32 Å². The minimum atomic E-state index is -0.227. The zero-order valence-electron chi connectivity index (χ0n) is 12.4. The summed E-state index contributed by atoms with van der Waals surface area (Å²) in [5, 5.41) is 8.65. The molecule has 1 aliphatic rings. The van der Waals surface area contributed by atoms with Crippen molar-refractivity contribution in [3.8, 4) is 11.3 Å². The van der Waals surface area contributed by atoms with Crippen molar-refractivity contribution in [1.82, 2.24) is 15.1 Å². The van der Waals surface area contributed by atoms with Crippen LogP contribution >= 0.6 is 11.6 Å². The first kappa shape index (κ1) is 14.4. The van der Waals surface area contributed by atoms with Gasteiger partial charge in [-0.15, -0.1) is 0 Å². The molecule has 0 bridgehead atoms. The molecule has 3 nitrogen and oxygen atoms in total. The summed E-state index contributed by atoms with van der Waals surface area (Å²) in [7, 11) is 0. The van der Waals surface area contributed by atoms with Gasteiger partial charge < -0.3 is 5.32 Å². The lowest BCUT2D eigenvalue weighted by molar-refractivity contribution is 0.619. The van der Waals surface area contributed by atoms with Gasteiger partial charge in [-0.25, -0.2) is 4.39 Å². The fourth-order valence-electron chi connectivity index (χ4n) is 3.06. The van der Waals surface area contributed by atoms with E-state index in [4.69, 9.17) is 11.6 Å². The third-order valence-corrected chi connectivity index (χ3v) is 4.31. The first-order valence-corrected chi connectivity index (χ1v) is 7.89. The molecule has 0 spiro atoms. The van der Waals surface area contributed by atoms with Crippen molar-refractivity contribution in [2.24, 2.45) is 0 Å². The van der Waals surface area contributed by atoms with Crippen molar-refractivity contribution >= 4 is 11.6 Å². The molecule has 0 fully saturated rings. The Morgan fingerprint density at radius 1 is 1.13 bits per heavy atom. The highest BCUT2D eigenvalue weighted by Crippen LogP contribution is 2.31. The Morgan fingerprint density at radius 2 is 2.00 bits per heavy atom. The fourth-order valence-corrected chi connectivity index (χ4v) is 3.27. The molecule has 23 heavy (non-hydrogen) atoms. The van der Waals surface area contributed by atoms with E-state index in [9.17, 15) is 4.39 Å². The molecule has 0 unspecified atom stereocenters. The van der Waals surface area contributed by atoms with Crippen LogP contribution in [0, 0.1) is 5.82 Å². The average Bonchev–Trinajstić information content (AvgIpc) is 3.09. The van der Waals surface area contributed by atoms with Gasteiger partial charge in [0.15, 0.2) is 0 Å². The lowest BCUT2D eigenvalue weighted by Gasteiger charge is -2.11. The monoisotopic (exact) mass is 327 g/mol. The largest absolute Gasteiger partial charge is 0.307 e. The van der Waals surface area contributed by atoms with Crippen LogP contribution in [0.15, 0.2) is 48.5 Å². The van der Waals surface area contributed by atoms with E-state index >= 15 is 0 Å². The summed E-state index contributed by atoms with van der Waals surface area (Å²) < 4.78 is 16.2. The standard InChI is InChI=1S/C18H15ClFN3/c19-13-5-3-4-12(8-13)11-23-18(14-6-1-2-7-16(14)20)15-9-21-10-17(15)22-23/h1-8,21H,9-11H2. The highest BCUT2D eigenvalue weighted by molar-refractivity contribution is 6.30.